The number of amides is 1. The summed E-state index contributed by atoms with van der Waals surface area (Å²) in [4.78, 5) is 23.6. The van der Waals surface area contributed by atoms with E-state index in [0.29, 0.717) is 36.5 Å². The fourth-order valence-corrected chi connectivity index (χ4v) is 4.89. The van der Waals surface area contributed by atoms with Gasteiger partial charge in [0.15, 0.2) is 0 Å². The molecule has 0 radical (unpaired) electrons. The minimum Gasteiger partial charge on any atom is -0.393 e. The lowest BCUT2D eigenvalue weighted by Gasteiger charge is -2.29. The van der Waals surface area contributed by atoms with E-state index in [1.165, 1.54) is 16.8 Å². The molecule has 6 heteroatoms. The molecule has 158 valence electrons. The number of rotatable bonds is 3. The van der Waals surface area contributed by atoms with Crippen molar-refractivity contribution in [3.8, 4) is 22.3 Å². The summed E-state index contributed by atoms with van der Waals surface area (Å²) in [6.07, 6.45) is 9.72. The molecule has 0 bridgehead atoms. The molecule has 0 atom stereocenters. The number of halogens is 1. The van der Waals surface area contributed by atoms with E-state index in [2.05, 4.69) is 22.1 Å². The quantitative estimate of drug-likeness (QED) is 0.658. The number of piperidine rings is 1. The molecule has 1 fully saturated rings. The second-order valence-corrected chi connectivity index (χ2v) is 8.72. The lowest BCUT2D eigenvalue weighted by Crippen LogP contribution is -2.40. The average molecular weight is 434 g/mol. The Labute approximate surface area is 186 Å². The Morgan fingerprint density at radius 1 is 1.03 bits per heavy atom. The highest BCUT2D eigenvalue weighted by atomic mass is 35.5. The smallest absolute Gasteiger partial charge is 0.253 e. The monoisotopic (exact) mass is 433 g/mol. The highest BCUT2D eigenvalue weighted by molar-refractivity contribution is 6.33. The predicted octanol–water partition coefficient (Wildman–Crippen LogP) is 4.55. The number of benzene rings is 1. The molecule has 2 aliphatic rings. The fourth-order valence-electron chi connectivity index (χ4n) is 4.60. The van der Waals surface area contributed by atoms with Gasteiger partial charge < -0.3 is 10.0 Å². The van der Waals surface area contributed by atoms with Crippen molar-refractivity contribution in [3.63, 3.8) is 0 Å². The molecule has 5 nitrogen and oxygen atoms in total. The number of aliphatic hydroxyl groups is 1. The SMILES string of the molecule is O=C(c1ccc(-c2cncc(-c3ccnc4c3CCC4)c2)c(Cl)c1)N1CCC(O)CC1. The van der Waals surface area contributed by atoms with Crippen molar-refractivity contribution >= 4 is 17.5 Å². The van der Waals surface area contributed by atoms with Gasteiger partial charge in [-0.2, -0.15) is 0 Å². The minimum absolute atomic E-state index is 0.0421. The standard InChI is InChI=1S/C25H24ClN3O2/c26-23-13-16(25(31)29-10-7-19(30)8-11-29)4-5-21(23)18-12-17(14-27-15-18)20-6-9-28-24-3-1-2-22(20)24/h4-6,9,12-15,19,30H,1-3,7-8,10-11H2. The number of fused-ring (bicyclic) bond motifs is 1. The number of nitrogens with zero attached hydrogens (tertiary/aromatic N) is 3. The predicted molar refractivity (Wildman–Crippen MR) is 121 cm³/mol. The molecule has 2 aromatic heterocycles. The van der Waals surface area contributed by atoms with Crippen LogP contribution in [-0.4, -0.2) is 45.1 Å². The van der Waals surface area contributed by atoms with Crippen LogP contribution in [0.25, 0.3) is 22.3 Å². The van der Waals surface area contributed by atoms with Gasteiger partial charge in [0, 0.05) is 64.7 Å². The highest BCUT2D eigenvalue weighted by Crippen LogP contribution is 2.35. The Balaban J connectivity index is 1.43. The van der Waals surface area contributed by atoms with E-state index in [9.17, 15) is 9.90 Å². The van der Waals surface area contributed by atoms with E-state index in [0.717, 1.165) is 36.0 Å². The highest BCUT2D eigenvalue weighted by Gasteiger charge is 2.23. The zero-order valence-electron chi connectivity index (χ0n) is 17.2. The lowest BCUT2D eigenvalue weighted by molar-refractivity contribution is 0.0546. The maximum absolute atomic E-state index is 12.8. The summed E-state index contributed by atoms with van der Waals surface area (Å²) in [5, 5.41) is 10.2. The van der Waals surface area contributed by atoms with E-state index in [4.69, 9.17) is 11.6 Å². The first-order chi connectivity index (χ1) is 15.1. The van der Waals surface area contributed by atoms with Crippen LogP contribution in [0.3, 0.4) is 0 Å². The fraction of sp³-hybridized carbons (Fsp3) is 0.320. The van der Waals surface area contributed by atoms with Gasteiger partial charge >= 0.3 is 0 Å². The summed E-state index contributed by atoms with van der Waals surface area (Å²) >= 11 is 6.61. The summed E-state index contributed by atoms with van der Waals surface area (Å²) in [6.45, 7) is 1.14. The molecule has 5 rings (SSSR count). The van der Waals surface area contributed by atoms with Gasteiger partial charge in [0.2, 0.25) is 0 Å². The number of carbonyl (C=O) groups excluding carboxylic acids is 1. The van der Waals surface area contributed by atoms with Gasteiger partial charge in [-0.25, -0.2) is 0 Å². The molecule has 0 unspecified atom stereocenters. The van der Waals surface area contributed by atoms with Crippen LogP contribution < -0.4 is 0 Å². The van der Waals surface area contributed by atoms with Crippen LogP contribution in [0.5, 0.6) is 0 Å². The van der Waals surface area contributed by atoms with E-state index in [1.807, 2.05) is 24.5 Å². The van der Waals surface area contributed by atoms with E-state index < -0.39 is 0 Å². The number of aromatic nitrogens is 2. The number of pyridine rings is 2. The topological polar surface area (TPSA) is 66.3 Å². The van der Waals surface area contributed by atoms with Crippen LogP contribution in [0.4, 0.5) is 0 Å². The van der Waals surface area contributed by atoms with Crippen molar-refractivity contribution < 1.29 is 9.90 Å². The molecule has 3 heterocycles. The summed E-state index contributed by atoms with van der Waals surface area (Å²) in [6, 6.07) is 9.62. The number of aliphatic hydroxyl groups excluding tert-OH is 1. The van der Waals surface area contributed by atoms with Crippen molar-refractivity contribution in [2.75, 3.05) is 13.1 Å². The Morgan fingerprint density at radius 3 is 2.58 bits per heavy atom. The maximum atomic E-state index is 12.8. The maximum Gasteiger partial charge on any atom is 0.253 e. The van der Waals surface area contributed by atoms with Gasteiger partial charge in [0.1, 0.15) is 0 Å². The van der Waals surface area contributed by atoms with Gasteiger partial charge in [0.05, 0.1) is 6.10 Å². The number of likely N-dealkylation sites (tertiary alicyclic amines) is 1. The van der Waals surface area contributed by atoms with Gasteiger partial charge in [-0.1, -0.05) is 17.7 Å². The number of hydrogen-bond donors (Lipinski definition) is 1. The molecular formula is C25H24ClN3O2. The largest absolute Gasteiger partial charge is 0.393 e. The van der Waals surface area contributed by atoms with E-state index in [1.54, 1.807) is 17.2 Å². The van der Waals surface area contributed by atoms with Crippen molar-refractivity contribution in [2.45, 2.75) is 38.2 Å². The van der Waals surface area contributed by atoms with Crippen molar-refractivity contribution in [1.82, 2.24) is 14.9 Å². The van der Waals surface area contributed by atoms with Crippen LogP contribution in [0, 0.1) is 0 Å². The van der Waals surface area contributed by atoms with Crippen LogP contribution in [0.2, 0.25) is 5.02 Å². The van der Waals surface area contributed by atoms with Gasteiger partial charge in [-0.15, -0.1) is 0 Å². The zero-order chi connectivity index (χ0) is 21.4. The zero-order valence-corrected chi connectivity index (χ0v) is 18.0. The first kappa shape index (κ1) is 20.2. The van der Waals surface area contributed by atoms with E-state index in [-0.39, 0.29) is 12.0 Å². The number of aryl methyl sites for hydroxylation is 1. The Bertz CT molecular complexity index is 1140. The van der Waals surface area contributed by atoms with Gasteiger partial charge in [0.25, 0.3) is 5.91 Å². The van der Waals surface area contributed by atoms with Crippen molar-refractivity contribution in [2.24, 2.45) is 0 Å². The Kier molecular flexibility index (Phi) is 5.47. The van der Waals surface area contributed by atoms with Crippen LogP contribution in [-0.2, 0) is 12.8 Å². The minimum atomic E-state index is -0.309. The molecule has 1 N–H and O–H groups in total. The summed E-state index contributed by atoms with van der Waals surface area (Å²) in [5.74, 6) is -0.0421. The second-order valence-electron chi connectivity index (χ2n) is 8.32. The molecule has 1 aromatic carbocycles. The van der Waals surface area contributed by atoms with Crippen LogP contribution in [0.1, 0.15) is 40.9 Å². The molecule has 1 aliphatic heterocycles. The first-order valence-electron chi connectivity index (χ1n) is 10.8. The van der Waals surface area contributed by atoms with Crippen molar-refractivity contribution in [1.29, 1.82) is 0 Å². The van der Waals surface area contributed by atoms with Gasteiger partial charge in [-0.05, 0) is 67.5 Å². The molecule has 3 aromatic rings. The van der Waals surface area contributed by atoms with Crippen molar-refractivity contribution in [3.05, 3.63) is 70.8 Å². The summed E-state index contributed by atoms with van der Waals surface area (Å²) < 4.78 is 0. The third-order valence-electron chi connectivity index (χ3n) is 6.31. The summed E-state index contributed by atoms with van der Waals surface area (Å²) in [7, 11) is 0. The van der Waals surface area contributed by atoms with Gasteiger partial charge in [-0.3, -0.25) is 14.8 Å². The molecule has 1 amide bonds. The molecule has 1 saturated heterocycles. The Morgan fingerprint density at radius 2 is 1.81 bits per heavy atom. The lowest BCUT2D eigenvalue weighted by atomic mass is 9.97. The number of hydrogen-bond acceptors (Lipinski definition) is 4. The number of carbonyl (C=O) groups is 1. The third-order valence-corrected chi connectivity index (χ3v) is 6.63. The first-order valence-corrected chi connectivity index (χ1v) is 11.2. The molecule has 0 spiro atoms. The molecular weight excluding hydrogens is 410 g/mol. The third kappa shape index (κ3) is 3.95. The average Bonchev–Trinajstić information content (AvgIpc) is 3.28. The Hall–Kier alpha value is -2.76. The summed E-state index contributed by atoms with van der Waals surface area (Å²) in [5.41, 5.74) is 7.10. The molecule has 0 saturated carbocycles. The van der Waals surface area contributed by atoms with E-state index >= 15 is 0 Å². The molecule has 31 heavy (non-hydrogen) atoms. The van der Waals surface area contributed by atoms with Crippen LogP contribution >= 0.6 is 11.6 Å². The normalized spacial score (nSPS) is 16.4. The second kappa shape index (κ2) is 8.40. The molecule has 1 aliphatic carbocycles. The van der Waals surface area contributed by atoms with Crippen LogP contribution in [0.15, 0.2) is 48.9 Å².